The van der Waals surface area contributed by atoms with Gasteiger partial charge in [0, 0.05) is 32.3 Å². The van der Waals surface area contributed by atoms with Crippen molar-refractivity contribution >= 4 is 5.91 Å². The smallest absolute Gasteiger partial charge is 0.217 e. The average molecular weight is 328 g/mol. The Kier molecular flexibility index (Phi) is 6.75. The van der Waals surface area contributed by atoms with Crippen LogP contribution in [-0.2, 0) is 16.0 Å². The van der Waals surface area contributed by atoms with Crippen LogP contribution in [0.4, 0.5) is 0 Å². The van der Waals surface area contributed by atoms with Gasteiger partial charge in [-0.25, -0.2) is 4.98 Å². The topological polar surface area (TPSA) is 60.5 Å². The zero-order chi connectivity index (χ0) is 17.4. The van der Waals surface area contributed by atoms with Crippen LogP contribution in [0.5, 0.6) is 5.88 Å². The van der Waals surface area contributed by atoms with Gasteiger partial charge in [-0.15, -0.1) is 0 Å². The normalized spacial score (nSPS) is 11.8. The first-order chi connectivity index (χ1) is 11.6. The van der Waals surface area contributed by atoms with E-state index in [9.17, 15) is 4.79 Å². The summed E-state index contributed by atoms with van der Waals surface area (Å²) in [5.74, 6) is 0.588. The number of methoxy groups -OCH3 is 1. The Morgan fingerprint density at radius 1 is 1.17 bits per heavy atom. The summed E-state index contributed by atoms with van der Waals surface area (Å²) in [7, 11) is 1.64. The lowest BCUT2D eigenvalue weighted by atomic mass is 10.0. The van der Waals surface area contributed by atoms with Gasteiger partial charge < -0.3 is 14.8 Å². The van der Waals surface area contributed by atoms with E-state index in [0.717, 1.165) is 17.5 Å². The second-order valence-electron chi connectivity index (χ2n) is 5.73. The number of rotatable bonds is 8. The number of hydrogen-bond acceptors (Lipinski definition) is 4. The maximum absolute atomic E-state index is 11.1. The van der Waals surface area contributed by atoms with Crippen molar-refractivity contribution in [3.8, 4) is 17.0 Å². The van der Waals surface area contributed by atoms with Crippen LogP contribution in [0.1, 0.15) is 19.4 Å². The first-order valence-electron chi connectivity index (χ1n) is 8.02. The fraction of sp³-hybridized carbons (Fsp3) is 0.368. The number of carbonyl (C=O) groups excluding carboxylic acids is 1. The molecule has 0 spiro atoms. The molecule has 1 amide bonds. The van der Waals surface area contributed by atoms with Crippen LogP contribution in [0.2, 0.25) is 0 Å². The second kappa shape index (κ2) is 9.03. The van der Waals surface area contributed by atoms with Crippen LogP contribution < -0.4 is 10.1 Å². The lowest BCUT2D eigenvalue weighted by Gasteiger charge is -2.13. The third kappa shape index (κ3) is 5.66. The highest BCUT2D eigenvalue weighted by atomic mass is 16.5. The van der Waals surface area contributed by atoms with Crippen LogP contribution in [0.3, 0.4) is 0 Å². The summed E-state index contributed by atoms with van der Waals surface area (Å²) >= 11 is 0. The van der Waals surface area contributed by atoms with Crippen LogP contribution in [0, 0.1) is 0 Å². The van der Waals surface area contributed by atoms with E-state index in [1.165, 1.54) is 12.5 Å². The van der Waals surface area contributed by atoms with Crippen molar-refractivity contribution in [1.29, 1.82) is 0 Å². The van der Waals surface area contributed by atoms with Crippen molar-refractivity contribution in [2.45, 2.75) is 26.3 Å². The number of pyridine rings is 1. The largest absolute Gasteiger partial charge is 0.475 e. The highest BCUT2D eigenvalue weighted by Gasteiger charge is 2.06. The number of ether oxygens (including phenoxy) is 2. The molecule has 2 rings (SSSR count). The molecule has 24 heavy (non-hydrogen) atoms. The van der Waals surface area contributed by atoms with Gasteiger partial charge in [-0.05, 0) is 36.1 Å². The van der Waals surface area contributed by atoms with Crippen molar-refractivity contribution < 1.29 is 14.3 Å². The number of nitrogens with zero attached hydrogens (tertiary/aromatic N) is 1. The van der Waals surface area contributed by atoms with Gasteiger partial charge in [0.2, 0.25) is 11.8 Å². The Bertz CT molecular complexity index is 656. The Morgan fingerprint density at radius 2 is 1.92 bits per heavy atom. The van der Waals surface area contributed by atoms with Crippen molar-refractivity contribution in [2.24, 2.45) is 0 Å². The summed E-state index contributed by atoms with van der Waals surface area (Å²) < 4.78 is 10.5. The monoisotopic (exact) mass is 328 g/mol. The molecular formula is C19H24N2O3. The number of amides is 1. The summed E-state index contributed by atoms with van der Waals surface area (Å²) in [6, 6.07) is 12.3. The molecule has 0 aliphatic carbocycles. The molecule has 1 heterocycles. The fourth-order valence-electron chi connectivity index (χ4n) is 2.48. The average Bonchev–Trinajstić information content (AvgIpc) is 2.55. The van der Waals surface area contributed by atoms with Gasteiger partial charge in [-0.3, -0.25) is 4.79 Å². The van der Waals surface area contributed by atoms with E-state index in [1.807, 2.05) is 19.1 Å². The second-order valence-corrected chi connectivity index (χ2v) is 5.73. The molecule has 0 saturated carbocycles. The zero-order valence-electron chi connectivity index (χ0n) is 14.4. The van der Waals surface area contributed by atoms with E-state index in [2.05, 4.69) is 34.6 Å². The SMILES string of the molecule is COCCOc1cc(-c2ccc(CC(C)NC(C)=O)cc2)ccn1. The molecule has 1 N–H and O–H groups in total. The minimum absolute atomic E-state index is 0.00286. The molecule has 0 radical (unpaired) electrons. The van der Waals surface area contributed by atoms with Gasteiger partial charge in [-0.2, -0.15) is 0 Å². The molecule has 128 valence electrons. The minimum atomic E-state index is -0.00286. The third-order valence-electron chi connectivity index (χ3n) is 3.55. The molecule has 0 aliphatic rings. The van der Waals surface area contributed by atoms with Crippen LogP contribution >= 0.6 is 0 Å². The maximum Gasteiger partial charge on any atom is 0.217 e. The summed E-state index contributed by atoms with van der Waals surface area (Å²) in [5.41, 5.74) is 3.34. The number of nitrogens with one attached hydrogen (secondary N) is 1. The van der Waals surface area contributed by atoms with Gasteiger partial charge in [0.05, 0.1) is 6.61 Å². The number of benzene rings is 1. The molecule has 0 bridgehead atoms. The third-order valence-corrected chi connectivity index (χ3v) is 3.55. The molecule has 1 unspecified atom stereocenters. The molecule has 0 aliphatic heterocycles. The summed E-state index contributed by atoms with van der Waals surface area (Å²) in [6.07, 6.45) is 2.55. The van der Waals surface area contributed by atoms with Crippen LogP contribution in [0.15, 0.2) is 42.6 Å². The van der Waals surface area contributed by atoms with Gasteiger partial charge in [0.25, 0.3) is 0 Å². The maximum atomic E-state index is 11.1. The van der Waals surface area contributed by atoms with E-state index in [1.54, 1.807) is 13.3 Å². The Balaban J connectivity index is 2.02. The first kappa shape index (κ1) is 17.9. The molecule has 5 nitrogen and oxygen atoms in total. The summed E-state index contributed by atoms with van der Waals surface area (Å²) in [4.78, 5) is 15.3. The molecule has 5 heteroatoms. The highest BCUT2D eigenvalue weighted by molar-refractivity contribution is 5.73. The highest BCUT2D eigenvalue weighted by Crippen LogP contribution is 2.23. The summed E-state index contributed by atoms with van der Waals surface area (Å²) in [5, 5.41) is 2.90. The van der Waals surface area contributed by atoms with Gasteiger partial charge in [0.1, 0.15) is 6.61 Å². The van der Waals surface area contributed by atoms with Crippen molar-refractivity contribution in [2.75, 3.05) is 20.3 Å². The van der Waals surface area contributed by atoms with E-state index in [4.69, 9.17) is 9.47 Å². The first-order valence-corrected chi connectivity index (χ1v) is 8.02. The van der Waals surface area contributed by atoms with Crippen molar-refractivity contribution in [3.63, 3.8) is 0 Å². The molecule has 1 atom stereocenters. The van der Waals surface area contributed by atoms with Gasteiger partial charge in [-0.1, -0.05) is 24.3 Å². The minimum Gasteiger partial charge on any atom is -0.475 e. The Hall–Kier alpha value is -2.40. The molecule has 0 fully saturated rings. The molecule has 1 aromatic carbocycles. The van der Waals surface area contributed by atoms with Crippen molar-refractivity contribution in [1.82, 2.24) is 10.3 Å². The van der Waals surface area contributed by atoms with E-state index < -0.39 is 0 Å². The van der Waals surface area contributed by atoms with Crippen LogP contribution in [0.25, 0.3) is 11.1 Å². The molecule has 1 aromatic heterocycles. The fourth-order valence-corrected chi connectivity index (χ4v) is 2.48. The molecular weight excluding hydrogens is 304 g/mol. The Labute approximate surface area is 143 Å². The van der Waals surface area contributed by atoms with E-state index >= 15 is 0 Å². The Morgan fingerprint density at radius 3 is 2.58 bits per heavy atom. The lowest BCUT2D eigenvalue weighted by Crippen LogP contribution is -2.31. The van der Waals surface area contributed by atoms with Gasteiger partial charge >= 0.3 is 0 Å². The van der Waals surface area contributed by atoms with E-state index in [-0.39, 0.29) is 11.9 Å². The van der Waals surface area contributed by atoms with Gasteiger partial charge in [0.15, 0.2) is 0 Å². The number of hydrogen-bond donors (Lipinski definition) is 1. The van der Waals surface area contributed by atoms with E-state index in [0.29, 0.717) is 19.1 Å². The quantitative estimate of drug-likeness (QED) is 0.757. The number of carbonyl (C=O) groups is 1. The standard InChI is InChI=1S/C19H24N2O3/c1-14(21-15(2)22)12-16-4-6-17(7-5-16)18-8-9-20-19(13-18)24-11-10-23-3/h4-9,13-14H,10-12H2,1-3H3,(H,21,22). The zero-order valence-corrected chi connectivity index (χ0v) is 14.4. The molecule has 2 aromatic rings. The predicted octanol–water partition coefficient (Wildman–Crippen LogP) is 2.84. The number of aromatic nitrogens is 1. The van der Waals surface area contributed by atoms with Crippen LogP contribution in [-0.4, -0.2) is 37.3 Å². The summed E-state index contributed by atoms with van der Waals surface area (Å²) in [6.45, 7) is 4.55. The van der Waals surface area contributed by atoms with Crippen molar-refractivity contribution in [3.05, 3.63) is 48.2 Å². The predicted molar refractivity (Wildman–Crippen MR) is 94.0 cm³/mol. The lowest BCUT2D eigenvalue weighted by molar-refractivity contribution is -0.119. The molecule has 0 saturated heterocycles.